The van der Waals surface area contributed by atoms with E-state index in [9.17, 15) is 24.1 Å². The summed E-state index contributed by atoms with van der Waals surface area (Å²) < 4.78 is 24.9. The number of hydrogen-bond donors (Lipinski definition) is 1. The molecule has 31 heavy (non-hydrogen) atoms. The summed E-state index contributed by atoms with van der Waals surface area (Å²) in [7, 11) is 0. The van der Waals surface area contributed by atoms with Crippen LogP contribution in [0.3, 0.4) is 0 Å². The highest BCUT2D eigenvalue weighted by Crippen LogP contribution is 2.22. The Morgan fingerprint density at radius 2 is 1.97 bits per heavy atom. The molecule has 3 aromatic rings. The molecule has 1 amide bonds. The molecule has 0 aliphatic rings. The van der Waals surface area contributed by atoms with Gasteiger partial charge in [-0.1, -0.05) is 6.07 Å². The van der Waals surface area contributed by atoms with Crippen LogP contribution in [0.5, 0.6) is 5.75 Å². The number of anilines is 1. The van der Waals surface area contributed by atoms with Crippen molar-refractivity contribution in [2.75, 3.05) is 18.5 Å². The quantitative estimate of drug-likeness (QED) is 0.332. The van der Waals surface area contributed by atoms with Crippen molar-refractivity contribution in [2.45, 2.75) is 6.92 Å². The van der Waals surface area contributed by atoms with Crippen LogP contribution in [0.15, 0.2) is 54.7 Å². The summed E-state index contributed by atoms with van der Waals surface area (Å²) in [5.74, 6) is -1.87. The molecule has 0 aliphatic heterocycles. The van der Waals surface area contributed by atoms with Crippen LogP contribution in [0.4, 0.5) is 15.8 Å². The van der Waals surface area contributed by atoms with Crippen LogP contribution in [0.1, 0.15) is 17.4 Å². The van der Waals surface area contributed by atoms with Gasteiger partial charge in [-0.05, 0) is 37.3 Å². The van der Waals surface area contributed by atoms with Gasteiger partial charge in [-0.25, -0.2) is 13.9 Å². The molecule has 0 unspecified atom stereocenters. The normalized spacial score (nSPS) is 10.4. The Morgan fingerprint density at radius 3 is 2.61 bits per heavy atom. The lowest BCUT2D eigenvalue weighted by atomic mass is 10.3. The molecule has 160 valence electrons. The zero-order valence-corrected chi connectivity index (χ0v) is 16.3. The number of carbonyl (C=O) groups excluding carboxylic acids is 2. The van der Waals surface area contributed by atoms with Crippen LogP contribution in [0, 0.1) is 15.9 Å². The number of rotatable bonds is 8. The molecule has 1 aromatic heterocycles. The molecule has 1 N–H and O–H groups in total. The maximum Gasteiger partial charge on any atom is 0.362 e. The molecular weight excluding hydrogens is 411 g/mol. The minimum absolute atomic E-state index is 0.0220. The first kappa shape index (κ1) is 21.4. The monoisotopic (exact) mass is 428 g/mol. The Hall–Kier alpha value is -4.28. The lowest BCUT2D eigenvalue weighted by Crippen LogP contribution is -2.20. The van der Waals surface area contributed by atoms with Crippen molar-refractivity contribution < 1.29 is 28.4 Å². The summed E-state index contributed by atoms with van der Waals surface area (Å²) in [5.41, 5.74) is 0.404. The van der Waals surface area contributed by atoms with Gasteiger partial charge in [0.25, 0.3) is 11.6 Å². The highest BCUT2D eigenvalue weighted by molar-refractivity contribution is 5.93. The number of ether oxygens (including phenoxy) is 2. The van der Waals surface area contributed by atoms with E-state index < -0.39 is 29.2 Å². The molecular formula is C20H17FN4O6. The molecule has 3 rings (SSSR count). The Morgan fingerprint density at radius 1 is 1.23 bits per heavy atom. The van der Waals surface area contributed by atoms with Crippen LogP contribution in [0.25, 0.3) is 5.69 Å². The average Bonchev–Trinajstić information content (AvgIpc) is 3.17. The fourth-order valence-corrected chi connectivity index (χ4v) is 2.57. The summed E-state index contributed by atoms with van der Waals surface area (Å²) in [6.45, 7) is 1.25. The average molecular weight is 428 g/mol. The second-order valence-corrected chi connectivity index (χ2v) is 6.13. The van der Waals surface area contributed by atoms with Gasteiger partial charge in [0.1, 0.15) is 5.82 Å². The van der Waals surface area contributed by atoms with Crippen molar-refractivity contribution in [1.29, 1.82) is 0 Å². The first-order valence-corrected chi connectivity index (χ1v) is 9.07. The number of aromatic nitrogens is 2. The fourth-order valence-electron chi connectivity index (χ4n) is 2.57. The van der Waals surface area contributed by atoms with E-state index in [2.05, 4.69) is 10.4 Å². The maximum absolute atomic E-state index is 13.2. The van der Waals surface area contributed by atoms with Gasteiger partial charge < -0.3 is 14.8 Å². The van der Waals surface area contributed by atoms with Crippen molar-refractivity contribution in [3.05, 3.63) is 76.4 Å². The molecule has 0 fully saturated rings. The van der Waals surface area contributed by atoms with Crippen molar-refractivity contribution in [2.24, 2.45) is 0 Å². The third kappa shape index (κ3) is 5.41. The van der Waals surface area contributed by atoms with E-state index in [1.165, 1.54) is 53.3 Å². The number of halogens is 1. The van der Waals surface area contributed by atoms with Gasteiger partial charge in [0.15, 0.2) is 12.4 Å². The second-order valence-electron chi connectivity index (χ2n) is 6.13. The highest BCUT2D eigenvalue weighted by Gasteiger charge is 2.21. The highest BCUT2D eigenvalue weighted by atomic mass is 19.1. The van der Waals surface area contributed by atoms with E-state index in [4.69, 9.17) is 9.47 Å². The van der Waals surface area contributed by atoms with Crippen molar-refractivity contribution >= 4 is 23.3 Å². The van der Waals surface area contributed by atoms with Gasteiger partial charge in [-0.2, -0.15) is 5.10 Å². The molecule has 0 atom stereocenters. The third-order valence-electron chi connectivity index (χ3n) is 3.94. The van der Waals surface area contributed by atoms with E-state index in [1.54, 1.807) is 6.92 Å². The molecule has 0 saturated heterocycles. The molecule has 2 aromatic carbocycles. The topological polar surface area (TPSA) is 126 Å². The Kier molecular flexibility index (Phi) is 6.55. The lowest BCUT2D eigenvalue weighted by molar-refractivity contribution is -0.384. The van der Waals surface area contributed by atoms with Crippen LogP contribution in [-0.4, -0.2) is 39.8 Å². The van der Waals surface area contributed by atoms with E-state index in [1.807, 2.05) is 0 Å². The molecule has 0 spiro atoms. The number of nitrogens with one attached hydrogen (secondary N) is 1. The molecule has 0 saturated carbocycles. The van der Waals surface area contributed by atoms with E-state index in [0.29, 0.717) is 5.69 Å². The summed E-state index contributed by atoms with van der Waals surface area (Å²) in [5, 5.41) is 17.4. The smallest absolute Gasteiger partial charge is 0.362 e. The zero-order chi connectivity index (χ0) is 22.4. The first-order chi connectivity index (χ1) is 14.9. The number of hydrogen-bond acceptors (Lipinski definition) is 7. The molecule has 0 aliphatic carbocycles. The minimum atomic E-state index is -0.760. The van der Waals surface area contributed by atoms with E-state index in [-0.39, 0.29) is 29.4 Å². The second kappa shape index (κ2) is 9.48. The first-order valence-electron chi connectivity index (χ1n) is 9.07. The fraction of sp³-hybridized carbons (Fsp3) is 0.150. The number of benzene rings is 2. The summed E-state index contributed by atoms with van der Waals surface area (Å²) >= 11 is 0. The number of non-ortho nitro benzene ring substituents is 1. The zero-order valence-electron chi connectivity index (χ0n) is 16.3. The Bertz CT molecular complexity index is 1110. The molecule has 0 bridgehead atoms. The van der Waals surface area contributed by atoms with Crippen LogP contribution < -0.4 is 10.1 Å². The van der Waals surface area contributed by atoms with Gasteiger partial charge in [0.2, 0.25) is 5.69 Å². The number of carbonyl (C=O) groups is 2. The van der Waals surface area contributed by atoms with E-state index in [0.717, 1.165) is 6.07 Å². The SMILES string of the molecule is CCOC(=O)c1nn(-c2ccc([N+](=O)[O-])cc2)cc1OCC(=O)Nc1cccc(F)c1. The van der Waals surface area contributed by atoms with Gasteiger partial charge in [0.05, 0.1) is 23.4 Å². The summed E-state index contributed by atoms with van der Waals surface area (Å²) in [4.78, 5) is 34.6. The van der Waals surface area contributed by atoms with Crippen LogP contribution in [0.2, 0.25) is 0 Å². The Balaban J connectivity index is 1.78. The molecule has 0 radical (unpaired) electrons. The van der Waals surface area contributed by atoms with Crippen molar-refractivity contribution in [1.82, 2.24) is 9.78 Å². The van der Waals surface area contributed by atoms with Crippen LogP contribution >= 0.6 is 0 Å². The van der Waals surface area contributed by atoms with Gasteiger partial charge in [-0.3, -0.25) is 14.9 Å². The van der Waals surface area contributed by atoms with Gasteiger partial charge in [-0.15, -0.1) is 0 Å². The maximum atomic E-state index is 13.2. The van der Waals surface area contributed by atoms with E-state index >= 15 is 0 Å². The number of nitrogens with zero attached hydrogens (tertiary/aromatic N) is 3. The number of nitro benzene ring substituents is 1. The number of amides is 1. The Labute approximate surface area is 175 Å². The van der Waals surface area contributed by atoms with Gasteiger partial charge in [0, 0.05) is 17.8 Å². The van der Waals surface area contributed by atoms with Crippen molar-refractivity contribution in [3.63, 3.8) is 0 Å². The number of esters is 1. The number of nitro groups is 1. The van der Waals surface area contributed by atoms with Crippen LogP contribution in [-0.2, 0) is 9.53 Å². The third-order valence-corrected chi connectivity index (χ3v) is 3.94. The molecule has 10 nitrogen and oxygen atoms in total. The summed E-state index contributed by atoms with van der Waals surface area (Å²) in [6.07, 6.45) is 1.35. The molecule has 1 heterocycles. The lowest BCUT2D eigenvalue weighted by Gasteiger charge is -2.07. The largest absolute Gasteiger partial charge is 0.480 e. The minimum Gasteiger partial charge on any atom is -0.480 e. The summed E-state index contributed by atoms with van der Waals surface area (Å²) in [6, 6.07) is 10.8. The van der Waals surface area contributed by atoms with Gasteiger partial charge >= 0.3 is 5.97 Å². The standard InChI is InChI=1S/C20H17FN4O6/c1-2-30-20(27)19-17(31-12-18(26)22-14-5-3-4-13(21)10-14)11-24(23-19)15-6-8-16(9-7-15)25(28)29/h3-11H,2,12H2,1H3,(H,22,26). The van der Waals surface area contributed by atoms with Crippen molar-refractivity contribution in [3.8, 4) is 11.4 Å². The predicted molar refractivity (Wildman–Crippen MR) is 107 cm³/mol. The predicted octanol–water partition coefficient (Wildman–Crippen LogP) is 3.11. The molecule has 11 heteroatoms.